The minimum atomic E-state index is -1.02. The molecule has 1 aromatic carbocycles. The molecule has 1 saturated heterocycles. The average molecular weight is 250 g/mol. The number of epoxide rings is 1. The molecule has 2 unspecified atom stereocenters. The molecule has 1 aliphatic heterocycles. The molecule has 0 amide bonds. The maximum atomic E-state index is 11.2. The Hall–Kier alpha value is -1.39. The first-order valence-electron chi connectivity index (χ1n) is 6.10. The lowest BCUT2D eigenvalue weighted by molar-refractivity contribution is -0.142. The van der Waals surface area contributed by atoms with Crippen molar-refractivity contribution in [3.05, 3.63) is 35.9 Å². The summed E-state index contributed by atoms with van der Waals surface area (Å²) in [5.74, 6) is -0.305. The van der Waals surface area contributed by atoms with Crippen molar-refractivity contribution in [2.75, 3.05) is 13.7 Å². The van der Waals surface area contributed by atoms with E-state index in [1.165, 1.54) is 7.11 Å². The second-order valence-corrected chi connectivity index (χ2v) is 4.63. The van der Waals surface area contributed by atoms with Gasteiger partial charge in [0.05, 0.1) is 25.4 Å². The molecule has 1 aliphatic rings. The average Bonchev–Trinajstić information content (AvgIpc) is 3.21. The van der Waals surface area contributed by atoms with Crippen LogP contribution in [0.4, 0.5) is 0 Å². The Morgan fingerprint density at radius 3 is 2.72 bits per heavy atom. The van der Waals surface area contributed by atoms with Crippen LogP contribution in [0.1, 0.15) is 24.8 Å². The number of carbonyl (C=O) groups is 1. The summed E-state index contributed by atoms with van der Waals surface area (Å²) in [6.07, 6.45) is 1.18. The number of hydrogen-bond donors (Lipinski definition) is 1. The van der Waals surface area contributed by atoms with E-state index in [-0.39, 0.29) is 18.5 Å². The van der Waals surface area contributed by atoms with Crippen molar-refractivity contribution in [2.24, 2.45) is 0 Å². The molecule has 1 aromatic rings. The fraction of sp³-hybridized carbons (Fsp3) is 0.500. The zero-order chi connectivity index (χ0) is 13.0. The zero-order valence-electron chi connectivity index (χ0n) is 10.5. The van der Waals surface area contributed by atoms with Crippen molar-refractivity contribution in [1.82, 2.24) is 0 Å². The lowest BCUT2D eigenvalue weighted by Crippen LogP contribution is -2.29. The van der Waals surface area contributed by atoms with E-state index in [1.807, 2.05) is 30.3 Å². The number of carbonyl (C=O) groups excluding carboxylic acids is 1. The first-order chi connectivity index (χ1) is 8.64. The Morgan fingerprint density at radius 2 is 2.17 bits per heavy atom. The second kappa shape index (κ2) is 5.50. The van der Waals surface area contributed by atoms with E-state index in [2.05, 4.69) is 4.74 Å². The van der Waals surface area contributed by atoms with E-state index < -0.39 is 5.60 Å². The third-order valence-electron chi connectivity index (χ3n) is 3.25. The van der Waals surface area contributed by atoms with Crippen LogP contribution in [-0.4, -0.2) is 30.9 Å². The molecule has 0 aliphatic carbocycles. The summed E-state index contributed by atoms with van der Waals surface area (Å²) < 4.78 is 9.80. The van der Waals surface area contributed by atoms with Gasteiger partial charge < -0.3 is 14.6 Å². The van der Waals surface area contributed by atoms with Crippen molar-refractivity contribution in [3.8, 4) is 0 Å². The van der Waals surface area contributed by atoms with Crippen LogP contribution >= 0.6 is 0 Å². The first-order valence-corrected chi connectivity index (χ1v) is 6.10. The van der Waals surface area contributed by atoms with Gasteiger partial charge in [0, 0.05) is 12.8 Å². The highest BCUT2D eigenvalue weighted by Gasteiger charge is 2.37. The molecule has 2 rings (SSSR count). The van der Waals surface area contributed by atoms with Gasteiger partial charge in [-0.15, -0.1) is 0 Å². The number of benzene rings is 1. The van der Waals surface area contributed by atoms with Crippen LogP contribution in [0.5, 0.6) is 0 Å². The normalized spacial score (nSPS) is 21.1. The number of esters is 1. The van der Waals surface area contributed by atoms with Crippen molar-refractivity contribution >= 4 is 5.97 Å². The number of rotatable bonds is 6. The van der Waals surface area contributed by atoms with Gasteiger partial charge in [-0.05, 0) is 12.0 Å². The fourth-order valence-electron chi connectivity index (χ4n) is 2.09. The van der Waals surface area contributed by atoms with Gasteiger partial charge in [-0.25, -0.2) is 0 Å². The van der Waals surface area contributed by atoms with Gasteiger partial charge in [0.2, 0.25) is 0 Å². The lowest BCUT2D eigenvalue weighted by Gasteiger charge is -2.27. The SMILES string of the molecule is COC(=O)CCC(O)(CC1CO1)c1ccccc1. The third kappa shape index (κ3) is 3.31. The molecule has 18 heavy (non-hydrogen) atoms. The van der Waals surface area contributed by atoms with Crippen LogP contribution in [0.3, 0.4) is 0 Å². The molecule has 0 saturated carbocycles. The minimum absolute atomic E-state index is 0.104. The Morgan fingerprint density at radius 1 is 1.50 bits per heavy atom. The molecular weight excluding hydrogens is 232 g/mol. The van der Waals surface area contributed by atoms with E-state index in [0.717, 1.165) is 5.56 Å². The summed E-state index contributed by atoms with van der Waals surface area (Å²) in [5, 5.41) is 10.7. The highest BCUT2D eigenvalue weighted by Crippen LogP contribution is 2.35. The van der Waals surface area contributed by atoms with Gasteiger partial charge in [0.25, 0.3) is 0 Å². The summed E-state index contributed by atoms with van der Waals surface area (Å²) in [6.45, 7) is 0.688. The van der Waals surface area contributed by atoms with Crippen LogP contribution in [0.15, 0.2) is 30.3 Å². The maximum Gasteiger partial charge on any atom is 0.305 e. The molecule has 0 bridgehead atoms. The maximum absolute atomic E-state index is 11.2. The van der Waals surface area contributed by atoms with Crippen molar-refractivity contribution in [3.63, 3.8) is 0 Å². The van der Waals surface area contributed by atoms with Crippen LogP contribution in [-0.2, 0) is 19.9 Å². The molecule has 1 fully saturated rings. The quantitative estimate of drug-likeness (QED) is 0.615. The molecule has 1 heterocycles. The number of aliphatic hydroxyl groups is 1. The Balaban J connectivity index is 2.09. The van der Waals surface area contributed by atoms with Crippen molar-refractivity contribution < 1.29 is 19.4 Å². The minimum Gasteiger partial charge on any atom is -0.469 e. The van der Waals surface area contributed by atoms with Crippen molar-refractivity contribution in [1.29, 1.82) is 0 Å². The lowest BCUT2D eigenvalue weighted by atomic mass is 9.85. The van der Waals surface area contributed by atoms with E-state index in [0.29, 0.717) is 19.4 Å². The molecule has 1 N–H and O–H groups in total. The van der Waals surface area contributed by atoms with Gasteiger partial charge in [0.15, 0.2) is 0 Å². The highest BCUT2D eigenvalue weighted by molar-refractivity contribution is 5.69. The Labute approximate surface area is 107 Å². The monoisotopic (exact) mass is 250 g/mol. The van der Waals surface area contributed by atoms with Gasteiger partial charge in [-0.3, -0.25) is 4.79 Å². The van der Waals surface area contributed by atoms with E-state index in [9.17, 15) is 9.90 Å². The van der Waals surface area contributed by atoms with E-state index in [4.69, 9.17) is 4.74 Å². The fourth-order valence-corrected chi connectivity index (χ4v) is 2.09. The molecule has 0 aromatic heterocycles. The summed E-state index contributed by atoms with van der Waals surface area (Å²) in [7, 11) is 1.36. The summed E-state index contributed by atoms with van der Waals surface area (Å²) in [4.78, 5) is 11.2. The van der Waals surface area contributed by atoms with Gasteiger partial charge in [0.1, 0.15) is 0 Å². The molecule has 4 heteroatoms. The van der Waals surface area contributed by atoms with Gasteiger partial charge in [-0.1, -0.05) is 30.3 Å². The standard InChI is InChI=1S/C14H18O4/c1-17-13(15)7-8-14(16,9-12-10-18-12)11-5-3-2-4-6-11/h2-6,12,16H,7-10H2,1H3. The number of methoxy groups -OCH3 is 1. The summed E-state index contributed by atoms with van der Waals surface area (Å²) in [6, 6.07) is 9.41. The second-order valence-electron chi connectivity index (χ2n) is 4.63. The third-order valence-corrected chi connectivity index (χ3v) is 3.25. The number of ether oxygens (including phenoxy) is 2. The Bertz CT molecular complexity index is 400. The predicted molar refractivity (Wildman–Crippen MR) is 65.9 cm³/mol. The molecular formula is C14H18O4. The van der Waals surface area contributed by atoms with Crippen LogP contribution in [0.2, 0.25) is 0 Å². The van der Waals surface area contributed by atoms with Crippen LogP contribution < -0.4 is 0 Å². The molecule has 2 atom stereocenters. The smallest absolute Gasteiger partial charge is 0.305 e. The zero-order valence-corrected chi connectivity index (χ0v) is 10.5. The first kappa shape index (κ1) is 13.1. The number of hydrogen-bond acceptors (Lipinski definition) is 4. The van der Waals surface area contributed by atoms with Gasteiger partial charge in [-0.2, -0.15) is 0 Å². The molecule has 4 nitrogen and oxygen atoms in total. The van der Waals surface area contributed by atoms with Crippen LogP contribution in [0.25, 0.3) is 0 Å². The molecule has 0 radical (unpaired) electrons. The van der Waals surface area contributed by atoms with E-state index >= 15 is 0 Å². The topological polar surface area (TPSA) is 59.1 Å². The van der Waals surface area contributed by atoms with Crippen molar-refractivity contribution in [2.45, 2.75) is 31.0 Å². The molecule has 98 valence electrons. The Kier molecular flexibility index (Phi) is 3.99. The van der Waals surface area contributed by atoms with Gasteiger partial charge >= 0.3 is 5.97 Å². The van der Waals surface area contributed by atoms with Crippen LogP contribution in [0, 0.1) is 0 Å². The van der Waals surface area contributed by atoms with E-state index in [1.54, 1.807) is 0 Å². The summed E-state index contributed by atoms with van der Waals surface area (Å²) >= 11 is 0. The highest BCUT2D eigenvalue weighted by atomic mass is 16.6. The summed E-state index contributed by atoms with van der Waals surface area (Å²) in [5.41, 5.74) is -0.194. The molecule has 0 spiro atoms. The predicted octanol–water partition coefficient (Wildman–Crippen LogP) is 1.62. The largest absolute Gasteiger partial charge is 0.469 e.